The highest BCUT2D eigenvalue weighted by Crippen LogP contribution is 2.12. The van der Waals surface area contributed by atoms with Gasteiger partial charge in [-0.2, -0.15) is 0 Å². The summed E-state index contributed by atoms with van der Waals surface area (Å²) in [5.41, 5.74) is 0.173. The Balaban J connectivity index is 1.98. The van der Waals surface area contributed by atoms with E-state index in [4.69, 9.17) is 0 Å². The highest BCUT2D eigenvalue weighted by atomic mass is 79.9. The second-order valence-corrected chi connectivity index (χ2v) is 5.10. The molecule has 2 rings (SSSR count). The van der Waals surface area contributed by atoms with Crippen LogP contribution in [0.15, 0.2) is 24.3 Å². The lowest BCUT2D eigenvalue weighted by Gasteiger charge is -2.34. The van der Waals surface area contributed by atoms with Gasteiger partial charge < -0.3 is 4.90 Å². The van der Waals surface area contributed by atoms with E-state index in [2.05, 4.69) is 20.8 Å². The number of alkyl halides is 1. The minimum atomic E-state index is -0.439. The third-order valence-corrected chi connectivity index (χ3v) is 3.52. The Kier molecular flexibility index (Phi) is 4.72. The molecule has 0 aliphatic carbocycles. The second-order valence-electron chi connectivity index (χ2n) is 4.30. The number of piperazine rings is 1. The van der Waals surface area contributed by atoms with E-state index in [1.165, 1.54) is 6.07 Å². The van der Waals surface area contributed by atoms with E-state index in [-0.39, 0.29) is 11.5 Å². The maximum Gasteiger partial charge on any atom is 0.256 e. The molecule has 1 amide bonds. The van der Waals surface area contributed by atoms with Gasteiger partial charge in [0, 0.05) is 38.1 Å². The maximum absolute atomic E-state index is 13.5. The van der Waals surface area contributed by atoms with Crippen LogP contribution in [0.3, 0.4) is 0 Å². The molecule has 1 heterocycles. The van der Waals surface area contributed by atoms with Gasteiger partial charge in [-0.1, -0.05) is 28.1 Å². The van der Waals surface area contributed by atoms with Gasteiger partial charge in [-0.15, -0.1) is 0 Å². The third kappa shape index (κ3) is 3.09. The monoisotopic (exact) mass is 314 g/mol. The topological polar surface area (TPSA) is 23.6 Å². The fourth-order valence-corrected chi connectivity index (χ4v) is 2.60. The molecule has 0 atom stereocenters. The van der Waals surface area contributed by atoms with Crippen LogP contribution in [0, 0.1) is 5.82 Å². The first-order valence-electron chi connectivity index (χ1n) is 6.04. The molecule has 1 aliphatic rings. The summed E-state index contributed by atoms with van der Waals surface area (Å²) in [4.78, 5) is 16.2. The first-order chi connectivity index (χ1) is 8.72. The van der Waals surface area contributed by atoms with Crippen molar-refractivity contribution in [3.8, 4) is 0 Å². The highest BCUT2D eigenvalue weighted by Gasteiger charge is 2.23. The Morgan fingerprint density at radius 2 is 1.89 bits per heavy atom. The molecule has 0 saturated carbocycles. The largest absolute Gasteiger partial charge is 0.336 e. The number of carbonyl (C=O) groups is 1. The molecule has 18 heavy (non-hydrogen) atoms. The molecule has 0 aromatic heterocycles. The average molecular weight is 315 g/mol. The molecule has 1 aromatic rings. The van der Waals surface area contributed by atoms with Gasteiger partial charge >= 0.3 is 0 Å². The van der Waals surface area contributed by atoms with E-state index in [0.717, 1.165) is 25.0 Å². The zero-order chi connectivity index (χ0) is 13.0. The van der Waals surface area contributed by atoms with Crippen molar-refractivity contribution >= 4 is 21.8 Å². The van der Waals surface area contributed by atoms with Crippen LogP contribution >= 0.6 is 15.9 Å². The van der Waals surface area contributed by atoms with Crippen molar-refractivity contribution in [3.63, 3.8) is 0 Å². The summed E-state index contributed by atoms with van der Waals surface area (Å²) in [6.45, 7) is 4.03. The van der Waals surface area contributed by atoms with Crippen LogP contribution in [-0.4, -0.2) is 53.8 Å². The lowest BCUT2D eigenvalue weighted by molar-refractivity contribution is 0.0640. The van der Waals surface area contributed by atoms with Crippen molar-refractivity contribution in [1.29, 1.82) is 0 Å². The summed E-state index contributed by atoms with van der Waals surface area (Å²) in [7, 11) is 0. The molecule has 0 N–H and O–H groups in total. The predicted molar refractivity (Wildman–Crippen MR) is 72.5 cm³/mol. The Labute approximate surface area is 115 Å². The standard InChI is InChI=1S/C13H16BrFN2O/c14-5-6-16-7-9-17(10-8-16)13(18)11-3-1-2-4-12(11)15/h1-4H,5-10H2. The van der Waals surface area contributed by atoms with Crippen molar-refractivity contribution in [2.75, 3.05) is 38.1 Å². The fourth-order valence-electron chi connectivity index (χ4n) is 2.10. The number of nitrogens with zero attached hydrogens (tertiary/aromatic N) is 2. The van der Waals surface area contributed by atoms with E-state index >= 15 is 0 Å². The molecule has 1 fully saturated rings. The van der Waals surface area contributed by atoms with Crippen LogP contribution in [0.1, 0.15) is 10.4 Å². The van der Waals surface area contributed by atoms with Crippen molar-refractivity contribution in [2.45, 2.75) is 0 Å². The van der Waals surface area contributed by atoms with Crippen LogP contribution in [0.25, 0.3) is 0 Å². The van der Waals surface area contributed by atoms with Gasteiger partial charge in [-0.25, -0.2) is 4.39 Å². The highest BCUT2D eigenvalue weighted by molar-refractivity contribution is 9.09. The normalized spacial score (nSPS) is 16.9. The minimum Gasteiger partial charge on any atom is -0.336 e. The second kappa shape index (κ2) is 6.29. The van der Waals surface area contributed by atoms with Gasteiger partial charge in [0.05, 0.1) is 5.56 Å². The molecule has 1 saturated heterocycles. The van der Waals surface area contributed by atoms with Gasteiger partial charge in [0.2, 0.25) is 0 Å². The van der Waals surface area contributed by atoms with Gasteiger partial charge in [0.1, 0.15) is 5.82 Å². The van der Waals surface area contributed by atoms with Gasteiger partial charge in [0.15, 0.2) is 0 Å². The minimum absolute atomic E-state index is 0.173. The lowest BCUT2D eigenvalue weighted by atomic mass is 10.1. The van der Waals surface area contributed by atoms with E-state index < -0.39 is 5.82 Å². The van der Waals surface area contributed by atoms with Crippen LogP contribution in [0.4, 0.5) is 4.39 Å². The average Bonchev–Trinajstić information content (AvgIpc) is 2.40. The SMILES string of the molecule is O=C(c1ccccc1F)N1CCN(CCBr)CC1. The molecule has 0 radical (unpaired) electrons. The molecule has 98 valence electrons. The third-order valence-electron chi connectivity index (χ3n) is 3.16. The molecule has 1 aromatic carbocycles. The van der Waals surface area contributed by atoms with Crippen molar-refractivity contribution in [3.05, 3.63) is 35.6 Å². The molecule has 3 nitrogen and oxygen atoms in total. The summed E-state index contributed by atoms with van der Waals surface area (Å²) >= 11 is 3.40. The lowest BCUT2D eigenvalue weighted by Crippen LogP contribution is -2.49. The van der Waals surface area contributed by atoms with Crippen LogP contribution in [-0.2, 0) is 0 Å². The van der Waals surface area contributed by atoms with E-state index in [9.17, 15) is 9.18 Å². The maximum atomic E-state index is 13.5. The number of rotatable bonds is 3. The molecular formula is C13H16BrFN2O. The van der Waals surface area contributed by atoms with Gasteiger partial charge in [-0.05, 0) is 12.1 Å². The number of hydrogen-bond acceptors (Lipinski definition) is 2. The molecule has 0 spiro atoms. The molecule has 5 heteroatoms. The summed E-state index contributed by atoms with van der Waals surface area (Å²) in [5, 5.41) is 0.939. The van der Waals surface area contributed by atoms with Crippen molar-refractivity contribution < 1.29 is 9.18 Å². The van der Waals surface area contributed by atoms with Crippen LogP contribution < -0.4 is 0 Å². The quantitative estimate of drug-likeness (QED) is 0.797. The Bertz CT molecular complexity index is 419. The summed E-state index contributed by atoms with van der Waals surface area (Å²) in [5.74, 6) is -0.642. The Hall–Kier alpha value is -0.940. The zero-order valence-corrected chi connectivity index (χ0v) is 11.7. The van der Waals surface area contributed by atoms with E-state index in [1.807, 2.05) is 0 Å². The number of amides is 1. The molecule has 0 bridgehead atoms. The van der Waals surface area contributed by atoms with Crippen LogP contribution in [0.5, 0.6) is 0 Å². The summed E-state index contributed by atoms with van der Waals surface area (Å²) in [6.07, 6.45) is 0. The van der Waals surface area contributed by atoms with E-state index in [0.29, 0.717) is 13.1 Å². The van der Waals surface area contributed by atoms with Crippen LogP contribution in [0.2, 0.25) is 0 Å². The van der Waals surface area contributed by atoms with Crippen molar-refractivity contribution in [2.24, 2.45) is 0 Å². The summed E-state index contributed by atoms with van der Waals surface area (Å²) < 4.78 is 13.5. The smallest absolute Gasteiger partial charge is 0.256 e. The molecule has 1 aliphatic heterocycles. The van der Waals surface area contributed by atoms with E-state index in [1.54, 1.807) is 23.1 Å². The first-order valence-corrected chi connectivity index (χ1v) is 7.16. The zero-order valence-electron chi connectivity index (χ0n) is 10.1. The van der Waals surface area contributed by atoms with Gasteiger partial charge in [0.25, 0.3) is 5.91 Å². The number of halogens is 2. The Morgan fingerprint density at radius 3 is 2.50 bits per heavy atom. The fraction of sp³-hybridized carbons (Fsp3) is 0.462. The van der Waals surface area contributed by atoms with Gasteiger partial charge in [-0.3, -0.25) is 9.69 Å². The summed E-state index contributed by atoms with van der Waals surface area (Å²) in [6, 6.07) is 6.16. The Morgan fingerprint density at radius 1 is 1.22 bits per heavy atom. The number of hydrogen-bond donors (Lipinski definition) is 0. The molecular weight excluding hydrogens is 299 g/mol. The number of benzene rings is 1. The molecule has 0 unspecified atom stereocenters. The van der Waals surface area contributed by atoms with Crippen molar-refractivity contribution in [1.82, 2.24) is 9.80 Å². The number of carbonyl (C=O) groups excluding carboxylic acids is 1. The first kappa shape index (κ1) is 13.5. The predicted octanol–water partition coefficient (Wildman–Crippen LogP) is 1.98.